The predicted octanol–water partition coefficient (Wildman–Crippen LogP) is 3.25. The Kier molecular flexibility index (Phi) is 5.50. The first-order valence-electron chi connectivity index (χ1n) is 9.52. The Labute approximate surface area is 165 Å². The Morgan fingerprint density at radius 3 is 2.54 bits per heavy atom. The van der Waals surface area contributed by atoms with Crippen LogP contribution in [0.3, 0.4) is 0 Å². The molecule has 1 aliphatic carbocycles. The first kappa shape index (κ1) is 19.6. The van der Waals surface area contributed by atoms with Crippen LogP contribution in [0.5, 0.6) is 5.75 Å². The molecule has 1 fully saturated rings. The average molecular weight is 373 g/mol. The summed E-state index contributed by atoms with van der Waals surface area (Å²) in [6.45, 7) is 6.60. The smallest absolute Gasteiger partial charge is 0.189 e. The molecule has 1 aromatic carbocycles. The van der Waals surface area contributed by atoms with E-state index in [1.54, 1.807) is 0 Å². The Balaban J connectivity index is 2.27. The Morgan fingerprint density at radius 1 is 1.21 bits per heavy atom. The third kappa shape index (κ3) is 2.85. The molecule has 28 heavy (non-hydrogen) atoms. The lowest BCUT2D eigenvalue weighted by molar-refractivity contribution is 0.208. The van der Waals surface area contributed by atoms with E-state index in [1.807, 2.05) is 37.3 Å². The maximum atomic E-state index is 10.1. The summed E-state index contributed by atoms with van der Waals surface area (Å²) < 4.78 is 5.81. The van der Waals surface area contributed by atoms with E-state index in [1.165, 1.54) is 0 Å². The summed E-state index contributed by atoms with van der Waals surface area (Å²) in [5.74, 6) is -0.976. The van der Waals surface area contributed by atoms with E-state index in [-0.39, 0.29) is 11.6 Å². The van der Waals surface area contributed by atoms with Gasteiger partial charge in [-0.2, -0.15) is 15.8 Å². The van der Waals surface area contributed by atoms with Crippen LogP contribution in [-0.4, -0.2) is 36.9 Å². The minimum Gasteiger partial charge on any atom is -0.494 e. The summed E-state index contributed by atoms with van der Waals surface area (Å²) in [5, 5.41) is 38.6. The third-order valence-electron chi connectivity index (χ3n) is 5.87. The summed E-state index contributed by atoms with van der Waals surface area (Å²) >= 11 is 0. The number of likely N-dealkylation sites (N-methyl/N-ethyl adjacent to an activating group) is 1. The van der Waals surface area contributed by atoms with Gasteiger partial charge < -0.3 is 10.1 Å². The van der Waals surface area contributed by atoms with Gasteiger partial charge in [0.05, 0.1) is 30.5 Å². The standard InChI is InChI=1S/C22H23N5O/c1-3-27-10-9-15-17(11-23)21(26)22(13-24,14-25)20(18(15)12-27)16-7-5-6-8-19(16)28-4-2/h5-9,17-18,20,26H,3-4,10,12H2,1-2H3/t17?,18-,20-/m0/s1. The van der Waals surface area contributed by atoms with Crippen LogP contribution < -0.4 is 4.74 Å². The fraction of sp³-hybridized carbons (Fsp3) is 0.455. The molecule has 1 saturated carbocycles. The molecule has 6 heteroatoms. The minimum atomic E-state index is -1.70. The quantitative estimate of drug-likeness (QED) is 0.815. The highest BCUT2D eigenvalue weighted by atomic mass is 16.5. The molecule has 1 heterocycles. The van der Waals surface area contributed by atoms with Gasteiger partial charge >= 0.3 is 0 Å². The van der Waals surface area contributed by atoms with Crippen molar-refractivity contribution in [2.45, 2.75) is 19.8 Å². The lowest BCUT2D eigenvalue weighted by atomic mass is 9.54. The van der Waals surface area contributed by atoms with Crippen LogP contribution in [-0.2, 0) is 0 Å². The van der Waals surface area contributed by atoms with E-state index < -0.39 is 17.3 Å². The van der Waals surface area contributed by atoms with Gasteiger partial charge in [0, 0.05) is 30.5 Å². The van der Waals surface area contributed by atoms with E-state index in [2.05, 4.69) is 30.0 Å². The van der Waals surface area contributed by atoms with E-state index in [9.17, 15) is 15.8 Å². The van der Waals surface area contributed by atoms with Gasteiger partial charge in [0.15, 0.2) is 5.41 Å². The molecule has 1 unspecified atom stereocenters. The van der Waals surface area contributed by atoms with E-state index in [0.29, 0.717) is 25.4 Å². The number of para-hydroxylation sites is 1. The largest absolute Gasteiger partial charge is 0.494 e. The Bertz CT molecular complexity index is 915. The van der Waals surface area contributed by atoms with Gasteiger partial charge in [0.2, 0.25) is 0 Å². The molecule has 0 bridgehead atoms. The van der Waals surface area contributed by atoms with Gasteiger partial charge in [-0.05, 0) is 25.1 Å². The Morgan fingerprint density at radius 2 is 1.93 bits per heavy atom. The van der Waals surface area contributed by atoms with Crippen molar-refractivity contribution in [2.75, 3.05) is 26.2 Å². The average Bonchev–Trinajstić information content (AvgIpc) is 2.73. The van der Waals surface area contributed by atoms with Crippen LogP contribution in [0.15, 0.2) is 35.9 Å². The molecule has 0 spiro atoms. The van der Waals surface area contributed by atoms with Gasteiger partial charge in [-0.3, -0.25) is 4.90 Å². The van der Waals surface area contributed by atoms with Crippen molar-refractivity contribution in [3.05, 3.63) is 41.5 Å². The van der Waals surface area contributed by atoms with E-state index in [0.717, 1.165) is 17.7 Å². The molecular weight excluding hydrogens is 350 g/mol. The first-order valence-corrected chi connectivity index (χ1v) is 9.52. The molecule has 142 valence electrons. The number of fused-ring (bicyclic) bond motifs is 1. The summed E-state index contributed by atoms with van der Waals surface area (Å²) in [7, 11) is 0. The molecule has 0 saturated heterocycles. The number of nitrogens with zero attached hydrogens (tertiary/aromatic N) is 4. The molecule has 0 radical (unpaired) electrons. The number of rotatable bonds is 4. The second-order valence-electron chi connectivity index (χ2n) is 7.12. The second kappa shape index (κ2) is 7.85. The van der Waals surface area contributed by atoms with Crippen molar-refractivity contribution in [3.63, 3.8) is 0 Å². The topological polar surface area (TPSA) is 108 Å². The zero-order valence-corrected chi connectivity index (χ0v) is 16.1. The number of hydrogen-bond acceptors (Lipinski definition) is 6. The van der Waals surface area contributed by atoms with Gasteiger partial charge in [-0.1, -0.05) is 31.2 Å². The molecular formula is C22H23N5O. The third-order valence-corrected chi connectivity index (χ3v) is 5.87. The van der Waals surface area contributed by atoms with Crippen molar-refractivity contribution < 1.29 is 4.74 Å². The van der Waals surface area contributed by atoms with Crippen LogP contribution in [0, 0.1) is 56.7 Å². The fourth-order valence-corrected chi connectivity index (χ4v) is 4.49. The molecule has 1 aromatic rings. The minimum absolute atomic E-state index is 0.122. The summed E-state index contributed by atoms with van der Waals surface area (Å²) in [4.78, 5) is 2.23. The number of benzene rings is 1. The summed E-state index contributed by atoms with van der Waals surface area (Å²) in [6.07, 6.45) is 2.01. The van der Waals surface area contributed by atoms with E-state index in [4.69, 9.17) is 10.1 Å². The zero-order valence-electron chi connectivity index (χ0n) is 16.1. The molecule has 0 amide bonds. The highest BCUT2D eigenvalue weighted by molar-refractivity contribution is 6.01. The number of nitriles is 3. The second-order valence-corrected chi connectivity index (χ2v) is 7.12. The van der Waals surface area contributed by atoms with Gasteiger partial charge in [-0.15, -0.1) is 0 Å². The monoisotopic (exact) mass is 373 g/mol. The van der Waals surface area contributed by atoms with Crippen LogP contribution in [0.2, 0.25) is 0 Å². The summed E-state index contributed by atoms with van der Waals surface area (Å²) in [6, 6.07) is 13.9. The normalized spacial score (nSPS) is 26.2. The SMILES string of the molecule is CCOc1ccccc1[C@H]1[C@H]2CN(CC)CC=C2C(C#N)C(=N)C1(C#N)C#N. The number of nitrogens with one attached hydrogen (secondary N) is 1. The molecule has 1 aliphatic heterocycles. The molecule has 2 aliphatic rings. The molecule has 6 nitrogen and oxygen atoms in total. The van der Waals surface area contributed by atoms with Crippen molar-refractivity contribution in [1.29, 1.82) is 21.2 Å². The zero-order chi connectivity index (χ0) is 20.3. The van der Waals surface area contributed by atoms with Crippen LogP contribution >= 0.6 is 0 Å². The van der Waals surface area contributed by atoms with E-state index >= 15 is 0 Å². The van der Waals surface area contributed by atoms with Gasteiger partial charge in [-0.25, -0.2) is 0 Å². The molecule has 3 atom stereocenters. The van der Waals surface area contributed by atoms with Crippen molar-refractivity contribution in [2.24, 2.45) is 17.3 Å². The Hall–Kier alpha value is -3.14. The van der Waals surface area contributed by atoms with Gasteiger partial charge in [0.25, 0.3) is 0 Å². The predicted molar refractivity (Wildman–Crippen MR) is 105 cm³/mol. The molecule has 1 N–H and O–H groups in total. The maximum Gasteiger partial charge on any atom is 0.189 e. The van der Waals surface area contributed by atoms with Crippen LogP contribution in [0.4, 0.5) is 0 Å². The van der Waals surface area contributed by atoms with Crippen LogP contribution in [0.1, 0.15) is 25.3 Å². The molecule has 0 aromatic heterocycles. The highest BCUT2D eigenvalue weighted by Crippen LogP contribution is 2.54. The number of hydrogen-bond donors (Lipinski definition) is 1. The number of ether oxygens (including phenoxy) is 1. The maximum absolute atomic E-state index is 10.1. The van der Waals surface area contributed by atoms with Gasteiger partial charge in [0.1, 0.15) is 11.7 Å². The fourth-order valence-electron chi connectivity index (χ4n) is 4.49. The lowest BCUT2D eigenvalue weighted by Gasteiger charge is -2.47. The van der Waals surface area contributed by atoms with Crippen molar-refractivity contribution in [3.8, 4) is 24.0 Å². The van der Waals surface area contributed by atoms with Crippen molar-refractivity contribution in [1.82, 2.24) is 4.90 Å². The molecule has 3 rings (SSSR count). The highest BCUT2D eigenvalue weighted by Gasteiger charge is 2.58. The lowest BCUT2D eigenvalue weighted by Crippen LogP contribution is -2.52. The summed E-state index contributed by atoms with van der Waals surface area (Å²) in [5.41, 5.74) is -0.215. The first-order chi connectivity index (χ1) is 13.6. The van der Waals surface area contributed by atoms with Crippen molar-refractivity contribution >= 4 is 5.71 Å². The van der Waals surface area contributed by atoms with Crippen LogP contribution in [0.25, 0.3) is 0 Å².